The van der Waals surface area contributed by atoms with Gasteiger partial charge in [0.15, 0.2) is 0 Å². The van der Waals surface area contributed by atoms with Crippen LogP contribution >= 0.6 is 0 Å². The highest BCUT2D eigenvalue weighted by molar-refractivity contribution is 5.92. The zero-order valence-corrected chi connectivity index (χ0v) is 10.6. The molecule has 0 N–H and O–H groups in total. The van der Waals surface area contributed by atoms with Crippen LogP contribution in [-0.4, -0.2) is 12.6 Å². The summed E-state index contributed by atoms with van der Waals surface area (Å²) in [6, 6.07) is 7.41. The van der Waals surface area contributed by atoms with Gasteiger partial charge in [0.1, 0.15) is 0 Å². The molecule has 1 aromatic carbocycles. The van der Waals surface area contributed by atoms with Crippen LogP contribution in [0.15, 0.2) is 24.3 Å². The Hall–Kier alpha value is -1.75. The van der Waals surface area contributed by atoms with Crippen molar-refractivity contribution >= 4 is 5.97 Å². The van der Waals surface area contributed by atoms with Crippen LogP contribution in [-0.2, 0) is 4.74 Å². The largest absolute Gasteiger partial charge is 0.462 e. The van der Waals surface area contributed by atoms with Gasteiger partial charge in [0, 0.05) is 12.0 Å². The van der Waals surface area contributed by atoms with Crippen LogP contribution in [0.2, 0.25) is 0 Å². The highest BCUT2D eigenvalue weighted by Gasteiger charge is 2.10. The van der Waals surface area contributed by atoms with Crippen molar-refractivity contribution in [3.63, 3.8) is 0 Å². The summed E-state index contributed by atoms with van der Waals surface area (Å²) in [5.74, 6) is 5.97. The van der Waals surface area contributed by atoms with E-state index in [1.54, 1.807) is 6.07 Å². The molecule has 1 aliphatic rings. The van der Waals surface area contributed by atoms with Crippen molar-refractivity contribution in [3.8, 4) is 11.8 Å². The second-order valence-electron chi connectivity index (χ2n) is 4.50. The van der Waals surface area contributed by atoms with E-state index in [1.807, 2.05) is 18.2 Å². The number of fused-ring (bicyclic) bond motifs is 1. The summed E-state index contributed by atoms with van der Waals surface area (Å²) >= 11 is 0. The molecule has 1 aromatic rings. The van der Waals surface area contributed by atoms with Crippen LogP contribution < -0.4 is 0 Å². The van der Waals surface area contributed by atoms with Crippen molar-refractivity contribution in [3.05, 3.63) is 35.4 Å². The first-order valence-corrected chi connectivity index (χ1v) is 6.63. The number of ether oxygens (including phenoxy) is 1. The molecule has 94 valence electrons. The predicted octanol–water partition coefficient (Wildman–Crippen LogP) is 3.55. The maximum Gasteiger partial charge on any atom is 0.339 e. The zero-order valence-electron chi connectivity index (χ0n) is 10.6. The van der Waals surface area contributed by atoms with E-state index < -0.39 is 0 Å². The van der Waals surface area contributed by atoms with Crippen LogP contribution in [0, 0.1) is 11.8 Å². The molecule has 18 heavy (non-hydrogen) atoms. The van der Waals surface area contributed by atoms with Crippen molar-refractivity contribution in [2.45, 2.75) is 38.5 Å². The minimum Gasteiger partial charge on any atom is -0.462 e. The lowest BCUT2D eigenvalue weighted by Gasteiger charge is -2.06. The molecule has 0 aliphatic carbocycles. The topological polar surface area (TPSA) is 26.3 Å². The summed E-state index contributed by atoms with van der Waals surface area (Å²) < 4.78 is 5.28. The fourth-order valence-electron chi connectivity index (χ4n) is 2.02. The van der Waals surface area contributed by atoms with E-state index in [0.29, 0.717) is 12.2 Å². The van der Waals surface area contributed by atoms with Gasteiger partial charge >= 0.3 is 5.97 Å². The van der Waals surface area contributed by atoms with Gasteiger partial charge in [-0.25, -0.2) is 4.79 Å². The molecule has 2 rings (SSSR count). The SMILES string of the molecule is O=C1OCCCCCCCC#Cc2ccccc21. The molecule has 2 heteroatoms. The van der Waals surface area contributed by atoms with Crippen molar-refractivity contribution < 1.29 is 9.53 Å². The molecular weight excluding hydrogens is 224 g/mol. The summed E-state index contributed by atoms with van der Waals surface area (Å²) in [5, 5.41) is 0. The normalized spacial score (nSPS) is 17.0. The summed E-state index contributed by atoms with van der Waals surface area (Å²) in [5.41, 5.74) is 1.37. The Morgan fingerprint density at radius 2 is 1.78 bits per heavy atom. The number of esters is 1. The van der Waals surface area contributed by atoms with Gasteiger partial charge in [-0.1, -0.05) is 43.2 Å². The van der Waals surface area contributed by atoms with Crippen LogP contribution in [0.3, 0.4) is 0 Å². The number of cyclic esters (lactones) is 1. The number of carbonyl (C=O) groups is 1. The number of rotatable bonds is 0. The van der Waals surface area contributed by atoms with Crippen LogP contribution in [0.5, 0.6) is 0 Å². The number of benzene rings is 1. The predicted molar refractivity (Wildman–Crippen MR) is 71.3 cm³/mol. The summed E-state index contributed by atoms with van der Waals surface area (Å²) in [6.45, 7) is 0.514. The second-order valence-corrected chi connectivity index (χ2v) is 4.50. The minimum absolute atomic E-state index is 0.251. The summed E-state index contributed by atoms with van der Waals surface area (Å²) in [6.07, 6.45) is 6.54. The fourth-order valence-corrected chi connectivity index (χ4v) is 2.02. The van der Waals surface area contributed by atoms with Gasteiger partial charge in [0.25, 0.3) is 0 Å². The van der Waals surface area contributed by atoms with E-state index in [2.05, 4.69) is 11.8 Å². The van der Waals surface area contributed by atoms with E-state index in [9.17, 15) is 4.79 Å². The average molecular weight is 242 g/mol. The van der Waals surface area contributed by atoms with Crippen LogP contribution in [0.4, 0.5) is 0 Å². The van der Waals surface area contributed by atoms with Gasteiger partial charge < -0.3 is 4.74 Å². The smallest absolute Gasteiger partial charge is 0.339 e. The molecule has 1 aliphatic heterocycles. The Labute approximate surface area is 108 Å². The standard InChI is InChI=1S/C16H18O2/c17-16-15-12-8-7-11-14(15)10-6-4-2-1-3-5-9-13-18-16/h7-8,11-12H,1-5,9,13H2. The third-order valence-corrected chi connectivity index (χ3v) is 3.05. The van der Waals surface area contributed by atoms with Crippen molar-refractivity contribution in [1.29, 1.82) is 0 Å². The Morgan fingerprint density at radius 1 is 1.00 bits per heavy atom. The van der Waals surface area contributed by atoms with E-state index in [4.69, 9.17) is 4.74 Å². The Morgan fingerprint density at radius 3 is 2.72 bits per heavy atom. The van der Waals surface area contributed by atoms with Crippen LogP contribution in [0.1, 0.15) is 54.4 Å². The molecule has 0 amide bonds. The molecule has 0 saturated heterocycles. The molecule has 0 fully saturated rings. The lowest BCUT2D eigenvalue weighted by Crippen LogP contribution is -2.08. The highest BCUT2D eigenvalue weighted by atomic mass is 16.5. The van der Waals surface area contributed by atoms with Gasteiger partial charge in [0.05, 0.1) is 12.2 Å². The van der Waals surface area contributed by atoms with Gasteiger partial charge in [0.2, 0.25) is 0 Å². The minimum atomic E-state index is -0.251. The molecule has 2 nitrogen and oxygen atoms in total. The molecule has 0 spiro atoms. The maximum absolute atomic E-state index is 11.9. The van der Waals surface area contributed by atoms with E-state index >= 15 is 0 Å². The second kappa shape index (κ2) is 6.86. The molecule has 0 atom stereocenters. The summed E-state index contributed by atoms with van der Waals surface area (Å²) in [7, 11) is 0. The molecule has 0 saturated carbocycles. The number of hydrogen-bond acceptors (Lipinski definition) is 2. The molecule has 1 heterocycles. The van der Waals surface area contributed by atoms with E-state index in [1.165, 1.54) is 12.8 Å². The first-order valence-electron chi connectivity index (χ1n) is 6.63. The molecule has 0 bridgehead atoms. The first-order chi connectivity index (χ1) is 8.88. The maximum atomic E-state index is 11.9. The fraction of sp³-hybridized carbons (Fsp3) is 0.438. The van der Waals surface area contributed by atoms with E-state index in [-0.39, 0.29) is 5.97 Å². The Kier molecular flexibility index (Phi) is 4.84. The van der Waals surface area contributed by atoms with Gasteiger partial charge in [-0.15, -0.1) is 0 Å². The lowest BCUT2D eigenvalue weighted by molar-refractivity contribution is 0.0497. The first kappa shape index (κ1) is 12.7. The summed E-state index contributed by atoms with van der Waals surface area (Å²) in [4.78, 5) is 11.9. The van der Waals surface area contributed by atoms with Crippen molar-refractivity contribution in [2.24, 2.45) is 0 Å². The number of carbonyl (C=O) groups excluding carboxylic acids is 1. The van der Waals surface area contributed by atoms with Gasteiger partial charge in [-0.2, -0.15) is 0 Å². The molecule has 0 unspecified atom stereocenters. The molecular formula is C16H18O2. The van der Waals surface area contributed by atoms with Gasteiger partial charge in [-0.05, 0) is 25.0 Å². The Balaban J connectivity index is 2.19. The Bertz CT molecular complexity index is 465. The van der Waals surface area contributed by atoms with E-state index in [0.717, 1.165) is 31.2 Å². The van der Waals surface area contributed by atoms with Crippen molar-refractivity contribution in [1.82, 2.24) is 0 Å². The molecule has 0 aromatic heterocycles. The third kappa shape index (κ3) is 3.63. The highest BCUT2D eigenvalue weighted by Crippen LogP contribution is 2.11. The molecule has 0 radical (unpaired) electrons. The third-order valence-electron chi connectivity index (χ3n) is 3.05. The quantitative estimate of drug-likeness (QED) is 0.513. The lowest BCUT2D eigenvalue weighted by atomic mass is 10.1. The van der Waals surface area contributed by atoms with Crippen molar-refractivity contribution in [2.75, 3.05) is 6.61 Å². The number of hydrogen-bond donors (Lipinski definition) is 0. The van der Waals surface area contributed by atoms with Crippen LogP contribution in [0.25, 0.3) is 0 Å². The monoisotopic (exact) mass is 242 g/mol. The van der Waals surface area contributed by atoms with Gasteiger partial charge in [-0.3, -0.25) is 0 Å². The zero-order chi connectivity index (χ0) is 12.6. The average Bonchev–Trinajstić information content (AvgIpc) is 2.42.